The van der Waals surface area contributed by atoms with Gasteiger partial charge in [-0.3, -0.25) is 9.89 Å². The van der Waals surface area contributed by atoms with Gasteiger partial charge in [0.05, 0.1) is 17.9 Å². The van der Waals surface area contributed by atoms with Crippen molar-refractivity contribution >= 4 is 11.6 Å². The maximum absolute atomic E-state index is 12.6. The molecule has 0 bridgehead atoms. The molecular formula is C15H18N4O. The lowest BCUT2D eigenvalue weighted by Crippen LogP contribution is -2.31. The fraction of sp³-hybridized carbons (Fsp3) is 0.333. The molecule has 0 spiro atoms. The summed E-state index contributed by atoms with van der Waals surface area (Å²) in [5, 5.41) is 6.53. The van der Waals surface area contributed by atoms with Crippen LogP contribution in [0.2, 0.25) is 0 Å². The minimum absolute atomic E-state index is 0.0641. The Labute approximate surface area is 117 Å². The predicted octanol–water partition coefficient (Wildman–Crippen LogP) is 2.28. The third kappa shape index (κ3) is 2.05. The van der Waals surface area contributed by atoms with Crippen molar-refractivity contribution in [2.45, 2.75) is 25.8 Å². The number of nitrogen functional groups attached to an aromatic ring is 1. The number of hydrogen-bond acceptors (Lipinski definition) is 3. The van der Waals surface area contributed by atoms with Crippen LogP contribution in [0.15, 0.2) is 30.5 Å². The largest absolute Gasteiger partial charge is 0.396 e. The summed E-state index contributed by atoms with van der Waals surface area (Å²) in [7, 11) is 0. The summed E-state index contributed by atoms with van der Waals surface area (Å²) in [6, 6.07) is 8.36. The van der Waals surface area contributed by atoms with E-state index in [0.29, 0.717) is 11.4 Å². The summed E-state index contributed by atoms with van der Waals surface area (Å²) in [5.41, 5.74) is 9.02. The predicted molar refractivity (Wildman–Crippen MR) is 77.2 cm³/mol. The van der Waals surface area contributed by atoms with Crippen LogP contribution in [0.1, 0.15) is 40.5 Å². The third-order valence-corrected chi connectivity index (χ3v) is 3.94. The molecule has 0 aliphatic carbocycles. The number of nitrogens with zero attached hydrogens (tertiary/aromatic N) is 2. The topological polar surface area (TPSA) is 75.0 Å². The Balaban J connectivity index is 1.92. The van der Waals surface area contributed by atoms with Gasteiger partial charge in [0.25, 0.3) is 5.91 Å². The Hall–Kier alpha value is -2.30. The molecule has 1 aliphatic rings. The molecule has 1 aromatic carbocycles. The number of nitrogens with one attached hydrogen (secondary N) is 1. The molecule has 1 atom stereocenters. The lowest BCUT2D eigenvalue weighted by atomic mass is 9.99. The van der Waals surface area contributed by atoms with Crippen molar-refractivity contribution in [3.05, 3.63) is 47.3 Å². The normalized spacial score (nSPS) is 18.4. The fourth-order valence-corrected chi connectivity index (χ4v) is 2.90. The number of rotatable bonds is 2. The van der Waals surface area contributed by atoms with Gasteiger partial charge in [-0.1, -0.05) is 24.3 Å². The zero-order valence-electron chi connectivity index (χ0n) is 11.5. The number of benzene rings is 1. The highest BCUT2D eigenvalue weighted by atomic mass is 16.2. The van der Waals surface area contributed by atoms with E-state index in [9.17, 15) is 4.79 Å². The van der Waals surface area contributed by atoms with Crippen molar-refractivity contribution in [2.24, 2.45) is 0 Å². The average Bonchev–Trinajstić information content (AvgIpc) is 3.07. The molecular weight excluding hydrogens is 252 g/mol. The Morgan fingerprint density at radius 2 is 2.25 bits per heavy atom. The van der Waals surface area contributed by atoms with Crippen molar-refractivity contribution in [3.8, 4) is 0 Å². The van der Waals surface area contributed by atoms with Crippen molar-refractivity contribution in [3.63, 3.8) is 0 Å². The summed E-state index contributed by atoms with van der Waals surface area (Å²) in [6.07, 6.45) is 3.48. The van der Waals surface area contributed by atoms with E-state index in [4.69, 9.17) is 5.73 Å². The number of aromatic nitrogens is 2. The number of hydrogen-bond donors (Lipinski definition) is 2. The average molecular weight is 270 g/mol. The molecule has 0 saturated carbocycles. The number of carbonyl (C=O) groups is 1. The molecule has 5 heteroatoms. The molecule has 5 nitrogen and oxygen atoms in total. The number of aryl methyl sites for hydroxylation is 1. The Morgan fingerprint density at radius 1 is 1.45 bits per heavy atom. The van der Waals surface area contributed by atoms with E-state index < -0.39 is 0 Å². The van der Waals surface area contributed by atoms with Gasteiger partial charge in [0, 0.05) is 6.54 Å². The number of nitrogens with two attached hydrogens (primary N) is 1. The molecule has 3 rings (SSSR count). The number of amides is 1. The van der Waals surface area contributed by atoms with E-state index in [-0.39, 0.29) is 11.9 Å². The van der Waals surface area contributed by atoms with Crippen molar-refractivity contribution < 1.29 is 4.79 Å². The zero-order valence-corrected chi connectivity index (χ0v) is 11.5. The smallest absolute Gasteiger partial charge is 0.274 e. The molecule has 1 saturated heterocycles. The van der Waals surface area contributed by atoms with E-state index in [0.717, 1.165) is 19.4 Å². The first-order valence-corrected chi connectivity index (χ1v) is 6.84. The molecule has 1 aliphatic heterocycles. The van der Waals surface area contributed by atoms with E-state index in [1.807, 2.05) is 17.0 Å². The Kier molecular flexibility index (Phi) is 3.18. The zero-order chi connectivity index (χ0) is 14.1. The van der Waals surface area contributed by atoms with E-state index >= 15 is 0 Å². The van der Waals surface area contributed by atoms with Crippen LogP contribution in [0.3, 0.4) is 0 Å². The molecule has 20 heavy (non-hydrogen) atoms. The van der Waals surface area contributed by atoms with Gasteiger partial charge in [0.15, 0.2) is 0 Å². The molecule has 1 amide bonds. The lowest BCUT2D eigenvalue weighted by molar-refractivity contribution is 0.0730. The quantitative estimate of drug-likeness (QED) is 0.879. The number of H-pyrrole nitrogens is 1. The first kappa shape index (κ1) is 12.7. The highest BCUT2D eigenvalue weighted by molar-refractivity contribution is 5.97. The van der Waals surface area contributed by atoms with Crippen molar-refractivity contribution in [1.82, 2.24) is 15.1 Å². The van der Waals surface area contributed by atoms with Crippen LogP contribution in [0.5, 0.6) is 0 Å². The maximum Gasteiger partial charge on any atom is 0.274 e. The van der Waals surface area contributed by atoms with Crippen LogP contribution in [0.25, 0.3) is 0 Å². The number of anilines is 1. The standard InChI is InChI=1S/C15H18N4O/c1-10-5-2-3-6-11(10)13-7-4-8-19(13)15(20)14-12(16)9-17-18-14/h2-3,5-6,9,13H,4,7-8,16H2,1H3,(H,17,18). The summed E-state index contributed by atoms with van der Waals surface area (Å²) in [4.78, 5) is 14.5. The SMILES string of the molecule is Cc1ccccc1C1CCCN1C(=O)c1[nH]ncc1N. The van der Waals surface area contributed by atoms with Gasteiger partial charge < -0.3 is 10.6 Å². The number of carbonyl (C=O) groups excluding carboxylic acids is 1. The fourth-order valence-electron chi connectivity index (χ4n) is 2.90. The summed E-state index contributed by atoms with van der Waals surface area (Å²) < 4.78 is 0. The monoisotopic (exact) mass is 270 g/mol. The van der Waals surface area contributed by atoms with E-state index in [1.54, 1.807) is 0 Å². The second-order valence-corrected chi connectivity index (χ2v) is 5.21. The number of likely N-dealkylation sites (tertiary alicyclic amines) is 1. The molecule has 1 fully saturated rings. The van der Waals surface area contributed by atoms with Gasteiger partial charge in [0.2, 0.25) is 0 Å². The summed E-state index contributed by atoms with van der Waals surface area (Å²) in [6.45, 7) is 2.84. The van der Waals surface area contributed by atoms with Crippen molar-refractivity contribution in [1.29, 1.82) is 0 Å². The Morgan fingerprint density at radius 3 is 2.95 bits per heavy atom. The van der Waals surface area contributed by atoms with Crippen LogP contribution in [0, 0.1) is 6.92 Å². The van der Waals surface area contributed by atoms with Crippen LogP contribution < -0.4 is 5.73 Å². The minimum atomic E-state index is -0.0641. The molecule has 104 valence electrons. The molecule has 2 aromatic rings. The molecule has 1 aromatic heterocycles. The van der Waals surface area contributed by atoms with Crippen molar-refractivity contribution in [2.75, 3.05) is 12.3 Å². The second kappa shape index (κ2) is 5.00. The minimum Gasteiger partial charge on any atom is -0.396 e. The third-order valence-electron chi connectivity index (χ3n) is 3.94. The first-order chi connectivity index (χ1) is 9.68. The Bertz CT molecular complexity index is 634. The van der Waals surface area contributed by atoms with Crippen LogP contribution in [-0.2, 0) is 0 Å². The van der Waals surface area contributed by atoms with Gasteiger partial charge >= 0.3 is 0 Å². The van der Waals surface area contributed by atoms with E-state index in [1.165, 1.54) is 17.3 Å². The second-order valence-electron chi connectivity index (χ2n) is 5.21. The lowest BCUT2D eigenvalue weighted by Gasteiger charge is -2.26. The molecule has 2 heterocycles. The van der Waals surface area contributed by atoms with Gasteiger partial charge in [-0.05, 0) is 30.9 Å². The summed E-state index contributed by atoms with van der Waals surface area (Å²) in [5.74, 6) is -0.0641. The molecule has 0 radical (unpaired) electrons. The van der Waals surface area contributed by atoms with Gasteiger partial charge in [-0.25, -0.2) is 0 Å². The summed E-state index contributed by atoms with van der Waals surface area (Å²) >= 11 is 0. The highest BCUT2D eigenvalue weighted by Gasteiger charge is 2.32. The first-order valence-electron chi connectivity index (χ1n) is 6.84. The van der Waals surface area contributed by atoms with Gasteiger partial charge in [0.1, 0.15) is 5.69 Å². The molecule has 3 N–H and O–H groups in total. The highest BCUT2D eigenvalue weighted by Crippen LogP contribution is 2.34. The van der Waals surface area contributed by atoms with Crippen LogP contribution in [-0.4, -0.2) is 27.5 Å². The number of aromatic amines is 1. The van der Waals surface area contributed by atoms with Gasteiger partial charge in [-0.2, -0.15) is 5.10 Å². The maximum atomic E-state index is 12.6. The van der Waals surface area contributed by atoms with Crippen LogP contribution >= 0.6 is 0 Å². The van der Waals surface area contributed by atoms with Gasteiger partial charge in [-0.15, -0.1) is 0 Å². The molecule has 1 unspecified atom stereocenters. The van der Waals surface area contributed by atoms with Crippen LogP contribution in [0.4, 0.5) is 5.69 Å². The van der Waals surface area contributed by atoms with E-state index in [2.05, 4.69) is 29.3 Å².